The maximum absolute atomic E-state index is 5.99. The summed E-state index contributed by atoms with van der Waals surface area (Å²) in [5.41, 5.74) is 11.4. The van der Waals surface area contributed by atoms with Gasteiger partial charge in [0, 0.05) is 5.69 Å². The minimum Gasteiger partial charge on any atom is -0.490 e. The van der Waals surface area contributed by atoms with Gasteiger partial charge in [0.2, 0.25) is 0 Å². The van der Waals surface area contributed by atoms with Crippen molar-refractivity contribution in [3.63, 3.8) is 0 Å². The molecule has 2 aromatic rings. The molecule has 2 N–H and O–H groups in total. The van der Waals surface area contributed by atoms with E-state index in [1.54, 1.807) is 0 Å². The Labute approximate surface area is 125 Å². The fourth-order valence-corrected chi connectivity index (χ4v) is 2.75. The third-order valence-corrected chi connectivity index (χ3v) is 4.05. The van der Waals surface area contributed by atoms with E-state index >= 15 is 0 Å². The van der Waals surface area contributed by atoms with Crippen molar-refractivity contribution in [1.29, 1.82) is 0 Å². The summed E-state index contributed by atoms with van der Waals surface area (Å²) in [5.74, 6) is 0.883. The van der Waals surface area contributed by atoms with Crippen molar-refractivity contribution < 1.29 is 9.47 Å². The summed E-state index contributed by atoms with van der Waals surface area (Å²) >= 11 is 0. The molecule has 0 spiro atoms. The predicted octanol–water partition coefficient (Wildman–Crippen LogP) is 3.58. The molecule has 0 fully saturated rings. The van der Waals surface area contributed by atoms with Crippen molar-refractivity contribution in [3.05, 3.63) is 58.7 Å². The molecule has 3 rings (SSSR count). The van der Waals surface area contributed by atoms with Gasteiger partial charge >= 0.3 is 0 Å². The lowest BCUT2D eigenvalue weighted by molar-refractivity contribution is 0.0100. The van der Waals surface area contributed by atoms with E-state index in [2.05, 4.69) is 24.3 Å². The van der Waals surface area contributed by atoms with Crippen molar-refractivity contribution in [2.24, 2.45) is 0 Å². The van der Waals surface area contributed by atoms with Crippen LogP contribution in [0.3, 0.4) is 0 Å². The molecule has 0 radical (unpaired) electrons. The molecule has 1 heterocycles. The zero-order chi connectivity index (χ0) is 14.8. The van der Waals surface area contributed by atoms with Crippen molar-refractivity contribution in [2.45, 2.75) is 26.4 Å². The van der Waals surface area contributed by atoms with Gasteiger partial charge in [-0.1, -0.05) is 24.3 Å². The van der Waals surface area contributed by atoms with Gasteiger partial charge in [-0.3, -0.25) is 0 Å². The Morgan fingerprint density at radius 3 is 2.86 bits per heavy atom. The Morgan fingerprint density at radius 1 is 1.19 bits per heavy atom. The Morgan fingerprint density at radius 2 is 2.00 bits per heavy atom. The number of aryl methyl sites for hydroxylation is 2. The van der Waals surface area contributed by atoms with Crippen LogP contribution in [0.4, 0.5) is 5.69 Å². The van der Waals surface area contributed by atoms with Crippen molar-refractivity contribution >= 4 is 5.69 Å². The van der Waals surface area contributed by atoms with E-state index in [4.69, 9.17) is 15.2 Å². The maximum Gasteiger partial charge on any atom is 0.122 e. The van der Waals surface area contributed by atoms with Crippen LogP contribution in [0.1, 0.15) is 28.4 Å². The fraction of sp³-hybridized carbons (Fsp3) is 0.333. The summed E-state index contributed by atoms with van der Waals surface area (Å²) in [6.45, 7) is 5.29. The SMILES string of the molecule is Cc1cc(OCC2OCCc3ccccc32)c(C)cc1N. The molecule has 0 bridgehead atoms. The van der Waals surface area contributed by atoms with Crippen LogP contribution in [0.5, 0.6) is 5.75 Å². The second kappa shape index (κ2) is 5.78. The second-order valence-corrected chi connectivity index (χ2v) is 5.59. The highest BCUT2D eigenvalue weighted by Gasteiger charge is 2.21. The Bertz CT molecular complexity index is 652. The van der Waals surface area contributed by atoms with Gasteiger partial charge in [-0.25, -0.2) is 0 Å². The highest BCUT2D eigenvalue weighted by molar-refractivity contribution is 5.53. The highest BCUT2D eigenvalue weighted by Crippen LogP contribution is 2.29. The van der Waals surface area contributed by atoms with E-state index in [-0.39, 0.29) is 6.10 Å². The number of nitrogen functional groups attached to an aromatic ring is 1. The number of fused-ring (bicyclic) bond motifs is 1. The smallest absolute Gasteiger partial charge is 0.122 e. The number of hydrogen-bond donors (Lipinski definition) is 1. The van der Waals surface area contributed by atoms with Gasteiger partial charge < -0.3 is 15.2 Å². The largest absolute Gasteiger partial charge is 0.490 e. The predicted molar refractivity (Wildman–Crippen MR) is 84.7 cm³/mol. The number of benzene rings is 2. The maximum atomic E-state index is 5.99. The summed E-state index contributed by atoms with van der Waals surface area (Å²) in [7, 11) is 0. The molecule has 1 unspecified atom stereocenters. The average Bonchev–Trinajstić information content (AvgIpc) is 2.49. The fourth-order valence-electron chi connectivity index (χ4n) is 2.75. The van der Waals surface area contributed by atoms with E-state index in [9.17, 15) is 0 Å². The molecule has 2 aromatic carbocycles. The Kier molecular flexibility index (Phi) is 3.84. The summed E-state index contributed by atoms with van der Waals surface area (Å²) in [5, 5.41) is 0. The molecule has 0 aliphatic carbocycles. The summed E-state index contributed by atoms with van der Waals surface area (Å²) < 4.78 is 11.9. The summed E-state index contributed by atoms with van der Waals surface area (Å²) in [6.07, 6.45) is 0.986. The number of rotatable bonds is 3. The van der Waals surface area contributed by atoms with Gasteiger partial charge in [-0.15, -0.1) is 0 Å². The molecule has 1 atom stereocenters. The molecule has 21 heavy (non-hydrogen) atoms. The van der Waals surface area contributed by atoms with E-state index in [0.717, 1.165) is 35.6 Å². The standard InChI is InChI=1S/C18H21NO2/c1-12-10-17(13(2)9-16(12)19)21-11-18-15-6-4-3-5-14(15)7-8-20-18/h3-6,9-10,18H,7-8,11,19H2,1-2H3. The minimum absolute atomic E-state index is 0.00668. The zero-order valence-electron chi connectivity index (χ0n) is 12.6. The van der Waals surface area contributed by atoms with Gasteiger partial charge in [0.05, 0.1) is 6.61 Å². The van der Waals surface area contributed by atoms with Crippen LogP contribution in [0, 0.1) is 13.8 Å². The molecule has 3 heteroatoms. The second-order valence-electron chi connectivity index (χ2n) is 5.59. The lowest BCUT2D eigenvalue weighted by atomic mass is 9.98. The van der Waals surface area contributed by atoms with Gasteiger partial charge in [0.15, 0.2) is 0 Å². The molecule has 0 aromatic heterocycles. The third-order valence-electron chi connectivity index (χ3n) is 4.05. The molecule has 0 saturated carbocycles. The number of nitrogens with two attached hydrogens (primary N) is 1. The molecule has 1 aliphatic rings. The molecular weight excluding hydrogens is 262 g/mol. The first kappa shape index (κ1) is 14.0. The van der Waals surface area contributed by atoms with Crippen LogP contribution in [0.25, 0.3) is 0 Å². The molecule has 3 nitrogen and oxygen atoms in total. The molecule has 0 saturated heterocycles. The Balaban J connectivity index is 1.76. The van der Waals surface area contributed by atoms with Crippen LogP contribution >= 0.6 is 0 Å². The molecule has 1 aliphatic heterocycles. The van der Waals surface area contributed by atoms with Crippen LogP contribution in [-0.4, -0.2) is 13.2 Å². The lowest BCUT2D eigenvalue weighted by Gasteiger charge is -2.26. The highest BCUT2D eigenvalue weighted by atomic mass is 16.5. The normalized spacial score (nSPS) is 17.3. The van der Waals surface area contributed by atoms with Gasteiger partial charge in [-0.05, 0) is 54.7 Å². The van der Waals surface area contributed by atoms with Gasteiger partial charge in [-0.2, -0.15) is 0 Å². The summed E-state index contributed by atoms with van der Waals surface area (Å²) in [4.78, 5) is 0. The average molecular weight is 283 g/mol. The van der Waals surface area contributed by atoms with Crippen molar-refractivity contribution in [2.75, 3.05) is 18.9 Å². The van der Waals surface area contributed by atoms with Crippen LogP contribution in [0.15, 0.2) is 36.4 Å². The van der Waals surface area contributed by atoms with Crippen LogP contribution in [-0.2, 0) is 11.2 Å². The quantitative estimate of drug-likeness (QED) is 0.876. The van der Waals surface area contributed by atoms with E-state index in [1.807, 2.05) is 26.0 Å². The van der Waals surface area contributed by atoms with E-state index in [1.165, 1.54) is 11.1 Å². The van der Waals surface area contributed by atoms with Crippen LogP contribution in [0.2, 0.25) is 0 Å². The monoisotopic (exact) mass is 283 g/mol. The van der Waals surface area contributed by atoms with E-state index in [0.29, 0.717) is 6.61 Å². The number of ether oxygens (including phenoxy) is 2. The van der Waals surface area contributed by atoms with Crippen molar-refractivity contribution in [3.8, 4) is 5.75 Å². The topological polar surface area (TPSA) is 44.5 Å². The molecule has 110 valence electrons. The van der Waals surface area contributed by atoms with E-state index < -0.39 is 0 Å². The van der Waals surface area contributed by atoms with Crippen molar-refractivity contribution in [1.82, 2.24) is 0 Å². The van der Waals surface area contributed by atoms with Gasteiger partial charge in [0.25, 0.3) is 0 Å². The summed E-state index contributed by atoms with van der Waals surface area (Å²) in [6, 6.07) is 12.4. The lowest BCUT2D eigenvalue weighted by Crippen LogP contribution is -2.21. The minimum atomic E-state index is 0.00668. The first-order valence-electron chi connectivity index (χ1n) is 7.34. The first-order chi connectivity index (χ1) is 10.1. The van der Waals surface area contributed by atoms with Crippen LogP contribution < -0.4 is 10.5 Å². The number of hydrogen-bond acceptors (Lipinski definition) is 3. The first-order valence-corrected chi connectivity index (χ1v) is 7.34. The molecular formula is C18H21NO2. The molecule has 0 amide bonds. The zero-order valence-corrected chi connectivity index (χ0v) is 12.6. The van der Waals surface area contributed by atoms with Gasteiger partial charge in [0.1, 0.15) is 18.5 Å². The Hall–Kier alpha value is -2.00. The number of anilines is 1. The third kappa shape index (κ3) is 2.88.